The number of carboxylic acids is 1. The fraction of sp³-hybridized carbons (Fsp3) is 0.273. The van der Waals surface area contributed by atoms with Gasteiger partial charge < -0.3 is 14.8 Å². The number of thiophene rings is 1. The van der Waals surface area contributed by atoms with Crippen molar-refractivity contribution in [3.8, 4) is 0 Å². The molecule has 2 aromatic rings. The second-order valence-electron chi connectivity index (χ2n) is 3.68. The van der Waals surface area contributed by atoms with E-state index < -0.39 is 23.3 Å². The topological polar surface area (TPSA) is 109 Å². The maximum atomic E-state index is 11.8. The maximum Gasteiger partial charge on any atom is 0.372 e. The summed E-state index contributed by atoms with van der Waals surface area (Å²) < 4.78 is 4.87. The zero-order chi connectivity index (χ0) is 14.2. The fourth-order valence-corrected chi connectivity index (χ4v) is 2.71. The minimum Gasteiger partial charge on any atom is -0.475 e. The second kappa shape index (κ2) is 4.81. The van der Waals surface area contributed by atoms with E-state index in [4.69, 9.17) is 9.84 Å². The predicted octanol–water partition coefficient (Wildman–Crippen LogP) is 1.17. The first-order chi connectivity index (χ1) is 8.95. The van der Waals surface area contributed by atoms with Gasteiger partial charge in [0.2, 0.25) is 5.82 Å². The molecular weight excluding hydrogens is 272 g/mol. The molecule has 2 heterocycles. The van der Waals surface area contributed by atoms with E-state index in [0.717, 1.165) is 11.3 Å². The summed E-state index contributed by atoms with van der Waals surface area (Å²) in [7, 11) is 0. The highest BCUT2D eigenvalue weighted by Crippen LogP contribution is 2.27. The van der Waals surface area contributed by atoms with Gasteiger partial charge in [-0.1, -0.05) is 0 Å². The van der Waals surface area contributed by atoms with Gasteiger partial charge in [0, 0.05) is 0 Å². The average molecular weight is 282 g/mol. The van der Waals surface area contributed by atoms with Crippen LogP contribution in [0.2, 0.25) is 0 Å². The summed E-state index contributed by atoms with van der Waals surface area (Å²) in [6, 6.07) is 0. The van der Waals surface area contributed by atoms with Gasteiger partial charge in [-0.2, -0.15) is 0 Å². The molecule has 0 unspecified atom stereocenters. The highest BCUT2D eigenvalue weighted by atomic mass is 32.1. The van der Waals surface area contributed by atoms with E-state index in [1.807, 2.05) is 0 Å². The number of hydrogen-bond acceptors (Lipinski definition) is 6. The lowest BCUT2D eigenvalue weighted by atomic mass is 10.2. The standard InChI is InChI=1S/C11H10N2O5S/c1-3-18-11(17)6-4(2)5-8(14)12-7(10(15)16)13-9(5)19-6/h3H2,1-2H3,(H,15,16)(H,12,13,14). The lowest BCUT2D eigenvalue weighted by Gasteiger charge is -1.98. The molecule has 2 aromatic heterocycles. The summed E-state index contributed by atoms with van der Waals surface area (Å²) in [4.78, 5) is 40.8. The predicted molar refractivity (Wildman–Crippen MR) is 67.9 cm³/mol. The monoisotopic (exact) mass is 282 g/mol. The summed E-state index contributed by atoms with van der Waals surface area (Å²) in [5.74, 6) is -2.32. The van der Waals surface area contributed by atoms with Gasteiger partial charge in [0.15, 0.2) is 0 Å². The number of hydrogen-bond donors (Lipinski definition) is 2. The molecule has 0 radical (unpaired) electrons. The first kappa shape index (κ1) is 13.2. The van der Waals surface area contributed by atoms with Crippen molar-refractivity contribution in [2.45, 2.75) is 13.8 Å². The molecule has 0 amide bonds. The Balaban J connectivity index is 2.69. The van der Waals surface area contributed by atoms with Crippen molar-refractivity contribution in [3.05, 3.63) is 26.6 Å². The molecule has 0 aliphatic rings. The van der Waals surface area contributed by atoms with Crippen LogP contribution in [-0.4, -0.2) is 33.6 Å². The van der Waals surface area contributed by atoms with Gasteiger partial charge in [0.1, 0.15) is 9.71 Å². The van der Waals surface area contributed by atoms with Crippen LogP contribution in [0.3, 0.4) is 0 Å². The minimum absolute atomic E-state index is 0.210. The molecule has 0 saturated carbocycles. The molecule has 2 rings (SSSR count). The number of aromatic carboxylic acids is 1. The number of nitrogens with zero attached hydrogens (tertiary/aromatic N) is 1. The normalized spacial score (nSPS) is 10.6. The van der Waals surface area contributed by atoms with Gasteiger partial charge in [-0.05, 0) is 19.4 Å². The van der Waals surface area contributed by atoms with Crippen molar-refractivity contribution in [1.82, 2.24) is 9.97 Å². The van der Waals surface area contributed by atoms with Gasteiger partial charge in [-0.25, -0.2) is 14.6 Å². The van der Waals surface area contributed by atoms with Crippen LogP contribution in [0.15, 0.2) is 4.79 Å². The number of ether oxygens (including phenoxy) is 1. The molecule has 2 N–H and O–H groups in total. The van der Waals surface area contributed by atoms with E-state index >= 15 is 0 Å². The molecule has 0 saturated heterocycles. The Kier molecular flexibility index (Phi) is 3.34. The van der Waals surface area contributed by atoms with Crippen LogP contribution in [0.5, 0.6) is 0 Å². The van der Waals surface area contributed by atoms with E-state index in [9.17, 15) is 14.4 Å². The number of H-pyrrole nitrogens is 1. The van der Waals surface area contributed by atoms with Crippen LogP contribution in [0.1, 0.15) is 32.8 Å². The number of carbonyl (C=O) groups is 2. The summed E-state index contributed by atoms with van der Waals surface area (Å²) in [5, 5.41) is 9.04. The Labute approximate surface area is 110 Å². The zero-order valence-electron chi connectivity index (χ0n) is 10.1. The number of rotatable bonds is 3. The molecule has 0 fully saturated rings. The lowest BCUT2D eigenvalue weighted by molar-refractivity contribution is 0.0531. The fourth-order valence-electron chi connectivity index (χ4n) is 1.64. The van der Waals surface area contributed by atoms with Crippen molar-refractivity contribution in [3.63, 3.8) is 0 Å². The largest absolute Gasteiger partial charge is 0.475 e. The molecule has 8 heteroatoms. The number of aromatic amines is 1. The third-order valence-corrected chi connectivity index (χ3v) is 3.63. The van der Waals surface area contributed by atoms with Crippen LogP contribution < -0.4 is 5.56 Å². The SMILES string of the molecule is CCOC(=O)c1sc2nc(C(=O)O)[nH]c(=O)c2c1C. The number of fused-ring (bicyclic) bond motifs is 1. The minimum atomic E-state index is -1.33. The first-order valence-corrected chi connectivity index (χ1v) is 6.21. The van der Waals surface area contributed by atoms with Crippen molar-refractivity contribution >= 4 is 33.5 Å². The van der Waals surface area contributed by atoms with Gasteiger partial charge in [0.05, 0.1) is 12.0 Å². The highest BCUT2D eigenvalue weighted by molar-refractivity contribution is 7.20. The third kappa shape index (κ3) is 2.22. The molecule has 0 bridgehead atoms. The Morgan fingerprint density at radius 1 is 1.47 bits per heavy atom. The summed E-state index contributed by atoms with van der Waals surface area (Å²) in [5.41, 5.74) is -0.129. The highest BCUT2D eigenvalue weighted by Gasteiger charge is 2.21. The van der Waals surface area contributed by atoms with Crippen molar-refractivity contribution in [1.29, 1.82) is 0 Å². The number of carboxylic acid groups (broad SMARTS) is 1. The molecule has 100 valence electrons. The summed E-state index contributed by atoms with van der Waals surface area (Å²) >= 11 is 0.949. The van der Waals surface area contributed by atoms with Crippen LogP contribution in [-0.2, 0) is 4.74 Å². The molecule has 0 aromatic carbocycles. The van der Waals surface area contributed by atoms with E-state index in [0.29, 0.717) is 5.56 Å². The van der Waals surface area contributed by atoms with Gasteiger partial charge in [-0.15, -0.1) is 11.3 Å². The summed E-state index contributed by atoms with van der Waals surface area (Å²) in [6.07, 6.45) is 0. The number of carbonyl (C=O) groups excluding carboxylic acids is 1. The number of nitrogens with one attached hydrogen (secondary N) is 1. The van der Waals surface area contributed by atoms with Crippen LogP contribution in [0.25, 0.3) is 10.2 Å². The number of aromatic nitrogens is 2. The van der Waals surface area contributed by atoms with Crippen molar-refractivity contribution in [2.24, 2.45) is 0 Å². The zero-order valence-corrected chi connectivity index (χ0v) is 11.0. The Bertz CT molecular complexity index is 730. The molecule has 0 atom stereocenters. The summed E-state index contributed by atoms with van der Waals surface area (Å²) in [6.45, 7) is 3.49. The smallest absolute Gasteiger partial charge is 0.372 e. The molecule has 0 aliphatic heterocycles. The van der Waals surface area contributed by atoms with E-state index in [1.54, 1.807) is 13.8 Å². The van der Waals surface area contributed by atoms with Crippen LogP contribution in [0, 0.1) is 6.92 Å². The van der Waals surface area contributed by atoms with Crippen molar-refractivity contribution < 1.29 is 19.4 Å². The number of aryl methyl sites for hydroxylation is 1. The van der Waals surface area contributed by atoms with Gasteiger partial charge >= 0.3 is 11.9 Å². The molecular formula is C11H10N2O5S. The van der Waals surface area contributed by atoms with E-state index in [2.05, 4.69) is 9.97 Å². The van der Waals surface area contributed by atoms with Crippen LogP contribution in [0.4, 0.5) is 0 Å². The first-order valence-electron chi connectivity index (χ1n) is 5.39. The Morgan fingerprint density at radius 3 is 2.74 bits per heavy atom. The Morgan fingerprint density at radius 2 is 2.16 bits per heavy atom. The molecule has 0 spiro atoms. The molecule has 19 heavy (non-hydrogen) atoms. The second-order valence-corrected chi connectivity index (χ2v) is 4.68. The maximum absolute atomic E-state index is 11.8. The molecule has 0 aliphatic carbocycles. The third-order valence-electron chi connectivity index (χ3n) is 2.46. The van der Waals surface area contributed by atoms with Gasteiger partial charge in [0.25, 0.3) is 5.56 Å². The lowest BCUT2D eigenvalue weighted by Crippen LogP contribution is -2.15. The quantitative estimate of drug-likeness (QED) is 0.818. The van der Waals surface area contributed by atoms with Crippen LogP contribution >= 0.6 is 11.3 Å². The average Bonchev–Trinajstić information content (AvgIpc) is 2.67. The van der Waals surface area contributed by atoms with E-state index in [1.165, 1.54) is 0 Å². The van der Waals surface area contributed by atoms with Crippen molar-refractivity contribution in [2.75, 3.05) is 6.61 Å². The molecule has 7 nitrogen and oxygen atoms in total. The van der Waals surface area contributed by atoms with Gasteiger partial charge in [-0.3, -0.25) is 4.79 Å². The number of esters is 1. The Hall–Kier alpha value is -2.22. The van der Waals surface area contributed by atoms with E-state index in [-0.39, 0.29) is 21.7 Å².